The number of hydrogen-bond acceptors (Lipinski definition) is 3. The van der Waals surface area contributed by atoms with Gasteiger partial charge in [0.25, 0.3) is 5.91 Å². The Kier molecular flexibility index (Phi) is 4.80. The summed E-state index contributed by atoms with van der Waals surface area (Å²) in [4.78, 5) is 12.4. The van der Waals surface area contributed by atoms with E-state index in [9.17, 15) is 13.2 Å². The van der Waals surface area contributed by atoms with Gasteiger partial charge in [-0.3, -0.25) is 4.79 Å². The van der Waals surface area contributed by atoms with Crippen LogP contribution >= 0.6 is 23.2 Å². The van der Waals surface area contributed by atoms with Gasteiger partial charge in [0.05, 0.1) is 15.5 Å². The van der Waals surface area contributed by atoms with Crippen molar-refractivity contribution in [3.05, 3.63) is 57.6 Å². The molecular weight excluding hydrogens is 345 g/mol. The molecule has 4 nitrogen and oxygen atoms in total. The van der Waals surface area contributed by atoms with Gasteiger partial charge in [0, 0.05) is 17.0 Å². The number of anilines is 1. The van der Waals surface area contributed by atoms with Crippen molar-refractivity contribution in [2.75, 3.05) is 11.6 Å². The van der Waals surface area contributed by atoms with E-state index in [1.54, 1.807) is 18.2 Å². The van der Waals surface area contributed by atoms with E-state index < -0.39 is 15.7 Å². The summed E-state index contributed by atoms with van der Waals surface area (Å²) in [6.07, 6.45) is 1.07. The van der Waals surface area contributed by atoms with E-state index in [1.807, 2.05) is 6.92 Å². The third-order valence-electron chi connectivity index (χ3n) is 3.06. The van der Waals surface area contributed by atoms with E-state index in [4.69, 9.17) is 23.2 Å². The van der Waals surface area contributed by atoms with Gasteiger partial charge in [-0.1, -0.05) is 29.3 Å². The highest BCUT2D eigenvalue weighted by molar-refractivity contribution is 7.90. The summed E-state index contributed by atoms with van der Waals surface area (Å²) in [5.41, 5.74) is 1.45. The van der Waals surface area contributed by atoms with Crippen molar-refractivity contribution in [1.82, 2.24) is 0 Å². The molecule has 116 valence electrons. The van der Waals surface area contributed by atoms with Gasteiger partial charge in [0.1, 0.15) is 0 Å². The van der Waals surface area contributed by atoms with E-state index in [0.717, 1.165) is 11.8 Å². The minimum Gasteiger partial charge on any atom is -0.322 e. The molecule has 0 atom stereocenters. The third-order valence-corrected chi connectivity index (χ3v) is 4.73. The van der Waals surface area contributed by atoms with Gasteiger partial charge >= 0.3 is 0 Å². The van der Waals surface area contributed by atoms with Crippen molar-refractivity contribution in [2.24, 2.45) is 0 Å². The fourth-order valence-corrected chi connectivity index (χ4v) is 2.85. The summed E-state index contributed by atoms with van der Waals surface area (Å²) in [6.45, 7) is 1.82. The molecule has 1 N–H and O–H groups in total. The maximum atomic E-state index is 12.3. The first-order valence-corrected chi connectivity index (χ1v) is 8.90. The number of carbonyl (C=O) groups is 1. The van der Waals surface area contributed by atoms with E-state index in [1.165, 1.54) is 18.2 Å². The Morgan fingerprint density at radius 1 is 1.09 bits per heavy atom. The predicted molar refractivity (Wildman–Crippen MR) is 88.7 cm³/mol. The molecule has 0 aliphatic heterocycles. The molecule has 0 saturated carbocycles. The molecule has 2 aromatic carbocycles. The van der Waals surface area contributed by atoms with Crippen molar-refractivity contribution in [3.63, 3.8) is 0 Å². The molecule has 0 bridgehead atoms. The average Bonchev–Trinajstić information content (AvgIpc) is 2.42. The van der Waals surface area contributed by atoms with Crippen LogP contribution in [0.4, 0.5) is 5.69 Å². The number of halogens is 2. The largest absolute Gasteiger partial charge is 0.322 e. The molecule has 22 heavy (non-hydrogen) atoms. The first-order valence-electron chi connectivity index (χ1n) is 6.25. The SMILES string of the molecule is Cc1ccc(Cl)cc1NC(=O)c1cc(S(C)(=O)=O)ccc1Cl. The van der Waals surface area contributed by atoms with Crippen molar-refractivity contribution >= 4 is 44.6 Å². The van der Waals surface area contributed by atoms with Gasteiger partial charge in [0.2, 0.25) is 0 Å². The van der Waals surface area contributed by atoms with Crippen LogP contribution in [0.2, 0.25) is 10.0 Å². The molecule has 0 spiro atoms. The molecule has 1 amide bonds. The Balaban J connectivity index is 2.39. The Morgan fingerprint density at radius 2 is 1.77 bits per heavy atom. The van der Waals surface area contributed by atoms with Gasteiger partial charge in [0.15, 0.2) is 9.84 Å². The molecule has 0 unspecified atom stereocenters. The lowest BCUT2D eigenvalue weighted by Crippen LogP contribution is -2.14. The van der Waals surface area contributed by atoms with Gasteiger partial charge in [-0.05, 0) is 42.8 Å². The number of amides is 1. The minimum atomic E-state index is -3.42. The summed E-state index contributed by atoms with van der Waals surface area (Å²) in [7, 11) is -3.42. The lowest BCUT2D eigenvalue weighted by atomic mass is 10.1. The fourth-order valence-electron chi connectivity index (χ4n) is 1.83. The van der Waals surface area contributed by atoms with Crippen LogP contribution in [-0.4, -0.2) is 20.6 Å². The number of carbonyl (C=O) groups excluding carboxylic acids is 1. The van der Waals surface area contributed by atoms with Crippen LogP contribution in [0.5, 0.6) is 0 Å². The topological polar surface area (TPSA) is 63.2 Å². The van der Waals surface area contributed by atoms with Crippen LogP contribution in [0, 0.1) is 6.92 Å². The van der Waals surface area contributed by atoms with Crippen molar-refractivity contribution in [3.8, 4) is 0 Å². The number of benzene rings is 2. The van der Waals surface area contributed by atoms with Gasteiger partial charge in [-0.25, -0.2) is 8.42 Å². The standard InChI is InChI=1S/C15H13Cl2NO3S/c1-9-3-4-10(16)7-14(9)18-15(19)12-8-11(22(2,20)21)5-6-13(12)17/h3-8H,1-2H3,(H,18,19). The van der Waals surface area contributed by atoms with E-state index in [-0.39, 0.29) is 15.5 Å². The second-order valence-corrected chi connectivity index (χ2v) is 7.69. The molecular formula is C15H13Cl2NO3S. The summed E-state index contributed by atoms with van der Waals surface area (Å²) < 4.78 is 23.2. The Morgan fingerprint density at radius 3 is 2.41 bits per heavy atom. The van der Waals surface area contributed by atoms with E-state index in [2.05, 4.69) is 5.32 Å². The Labute approximate surface area is 139 Å². The smallest absolute Gasteiger partial charge is 0.257 e. The van der Waals surface area contributed by atoms with Gasteiger partial charge in [-0.15, -0.1) is 0 Å². The predicted octanol–water partition coefficient (Wildman–Crippen LogP) is 3.96. The molecule has 0 saturated heterocycles. The summed E-state index contributed by atoms with van der Waals surface area (Å²) in [5.74, 6) is -0.499. The zero-order valence-electron chi connectivity index (χ0n) is 11.9. The van der Waals surface area contributed by atoms with Crippen LogP contribution in [-0.2, 0) is 9.84 Å². The Bertz CT molecular complexity index is 848. The van der Waals surface area contributed by atoms with Crippen LogP contribution in [0.15, 0.2) is 41.3 Å². The van der Waals surface area contributed by atoms with Crippen molar-refractivity contribution < 1.29 is 13.2 Å². The van der Waals surface area contributed by atoms with Gasteiger partial charge in [-0.2, -0.15) is 0 Å². The molecule has 2 aromatic rings. The Hall–Kier alpha value is -1.56. The monoisotopic (exact) mass is 357 g/mol. The molecule has 0 aromatic heterocycles. The highest BCUT2D eigenvalue weighted by Gasteiger charge is 2.16. The van der Waals surface area contributed by atoms with Gasteiger partial charge < -0.3 is 5.32 Å². The van der Waals surface area contributed by atoms with E-state index in [0.29, 0.717) is 10.7 Å². The van der Waals surface area contributed by atoms with Crippen molar-refractivity contribution in [1.29, 1.82) is 0 Å². The molecule has 0 aliphatic rings. The highest BCUT2D eigenvalue weighted by atomic mass is 35.5. The number of rotatable bonds is 3. The molecule has 0 fully saturated rings. The quantitative estimate of drug-likeness (QED) is 0.903. The second-order valence-electron chi connectivity index (χ2n) is 4.83. The second kappa shape index (κ2) is 6.28. The number of sulfone groups is 1. The van der Waals surface area contributed by atoms with Crippen molar-refractivity contribution in [2.45, 2.75) is 11.8 Å². The summed E-state index contributed by atoms with van der Waals surface area (Å²) in [6, 6.07) is 9.10. The zero-order chi connectivity index (χ0) is 16.5. The fraction of sp³-hybridized carbons (Fsp3) is 0.133. The average molecular weight is 358 g/mol. The first-order chi connectivity index (χ1) is 10.2. The van der Waals surface area contributed by atoms with Crippen LogP contribution < -0.4 is 5.32 Å². The first kappa shape index (κ1) is 16.8. The normalized spacial score (nSPS) is 11.3. The summed E-state index contributed by atoms with van der Waals surface area (Å²) >= 11 is 11.9. The summed E-state index contributed by atoms with van der Waals surface area (Å²) in [5, 5.41) is 3.34. The van der Waals surface area contributed by atoms with Crippen LogP contribution in [0.1, 0.15) is 15.9 Å². The number of nitrogens with one attached hydrogen (secondary N) is 1. The number of aryl methyl sites for hydroxylation is 1. The lowest BCUT2D eigenvalue weighted by Gasteiger charge is -2.10. The highest BCUT2D eigenvalue weighted by Crippen LogP contribution is 2.24. The maximum Gasteiger partial charge on any atom is 0.257 e. The lowest BCUT2D eigenvalue weighted by molar-refractivity contribution is 0.102. The minimum absolute atomic E-state index is 0.0323. The number of hydrogen-bond donors (Lipinski definition) is 1. The van der Waals surface area contributed by atoms with Crippen LogP contribution in [0.25, 0.3) is 0 Å². The molecule has 2 rings (SSSR count). The molecule has 0 heterocycles. The van der Waals surface area contributed by atoms with E-state index >= 15 is 0 Å². The molecule has 7 heteroatoms. The maximum absolute atomic E-state index is 12.3. The molecule has 0 aliphatic carbocycles. The third kappa shape index (κ3) is 3.80. The molecule has 0 radical (unpaired) electrons. The zero-order valence-corrected chi connectivity index (χ0v) is 14.2. The van der Waals surface area contributed by atoms with Crippen LogP contribution in [0.3, 0.4) is 0 Å².